The Morgan fingerprint density at radius 2 is 2.21 bits per heavy atom. The maximum atomic E-state index is 10.9. The second kappa shape index (κ2) is 2.80. The smallest absolute Gasteiger partial charge is 0.337 e. The van der Waals surface area contributed by atoms with Crippen LogP contribution >= 0.6 is 0 Å². The van der Waals surface area contributed by atoms with Gasteiger partial charge in [0, 0.05) is 7.05 Å². The number of carboxylic acids is 1. The highest BCUT2D eigenvalue weighted by Crippen LogP contribution is 2.19. The predicted octanol–water partition coefficient (Wildman–Crippen LogP) is 0.975. The number of rotatable bonds is 1. The van der Waals surface area contributed by atoms with E-state index in [0.717, 1.165) is 5.56 Å². The summed E-state index contributed by atoms with van der Waals surface area (Å²) in [5.74, 6) is -0.958. The third-order valence-electron chi connectivity index (χ3n) is 2.19. The van der Waals surface area contributed by atoms with Gasteiger partial charge in [0.1, 0.15) is 11.0 Å². The van der Waals surface area contributed by atoms with Crippen LogP contribution in [0.25, 0.3) is 11.0 Å². The fourth-order valence-electron chi connectivity index (χ4n) is 1.46. The van der Waals surface area contributed by atoms with Gasteiger partial charge in [0.05, 0.1) is 5.56 Å². The molecule has 5 nitrogen and oxygen atoms in total. The number of hydrogen-bond acceptors (Lipinski definition) is 3. The molecular formula is C9H9N3O2. The van der Waals surface area contributed by atoms with E-state index in [1.165, 1.54) is 4.68 Å². The quantitative estimate of drug-likeness (QED) is 0.729. The van der Waals surface area contributed by atoms with Crippen LogP contribution in [0.2, 0.25) is 0 Å². The zero-order valence-corrected chi connectivity index (χ0v) is 7.85. The largest absolute Gasteiger partial charge is 0.478 e. The van der Waals surface area contributed by atoms with E-state index in [-0.39, 0.29) is 5.56 Å². The number of benzene rings is 1. The van der Waals surface area contributed by atoms with Crippen molar-refractivity contribution in [1.29, 1.82) is 0 Å². The molecule has 14 heavy (non-hydrogen) atoms. The van der Waals surface area contributed by atoms with E-state index in [2.05, 4.69) is 10.3 Å². The van der Waals surface area contributed by atoms with Gasteiger partial charge in [-0.15, -0.1) is 5.10 Å². The molecule has 0 aliphatic carbocycles. The van der Waals surface area contributed by atoms with Crippen LogP contribution < -0.4 is 0 Å². The van der Waals surface area contributed by atoms with Crippen molar-refractivity contribution in [3.8, 4) is 0 Å². The van der Waals surface area contributed by atoms with E-state index in [4.69, 9.17) is 5.11 Å². The molecule has 0 fully saturated rings. The lowest BCUT2D eigenvalue weighted by Gasteiger charge is -2.00. The number of carbonyl (C=O) groups is 1. The fraction of sp³-hybridized carbons (Fsp3) is 0.222. The minimum atomic E-state index is -0.958. The fourth-order valence-corrected chi connectivity index (χ4v) is 1.46. The second-order valence-electron chi connectivity index (χ2n) is 3.15. The summed E-state index contributed by atoms with van der Waals surface area (Å²) in [6, 6.07) is 3.31. The molecule has 2 rings (SSSR count). The third-order valence-corrected chi connectivity index (χ3v) is 2.19. The first kappa shape index (κ1) is 8.68. The summed E-state index contributed by atoms with van der Waals surface area (Å²) in [7, 11) is 1.68. The van der Waals surface area contributed by atoms with Gasteiger partial charge in [-0.1, -0.05) is 11.3 Å². The van der Waals surface area contributed by atoms with Gasteiger partial charge in [-0.2, -0.15) is 0 Å². The lowest BCUT2D eigenvalue weighted by molar-refractivity contribution is 0.0698. The van der Waals surface area contributed by atoms with Crippen LogP contribution in [0.1, 0.15) is 15.9 Å². The molecule has 0 atom stereocenters. The molecule has 0 unspecified atom stereocenters. The van der Waals surface area contributed by atoms with Crippen molar-refractivity contribution < 1.29 is 9.90 Å². The van der Waals surface area contributed by atoms with Crippen molar-refractivity contribution in [2.75, 3.05) is 0 Å². The highest BCUT2D eigenvalue weighted by molar-refractivity contribution is 6.01. The first-order valence-corrected chi connectivity index (χ1v) is 4.13. The minimum absolute atomic E-state index is 0.234. The molecular weight excluding hydrogens is 182 g/mol. The Labute approximate surface area is 80.0 Å². The van der Waals surface area contributed by atoms with Gasteiger partial charge in [0.25, 0.3) is 0 Å². The van der Waals surface area contributed by atoms with E-state index in [1.54, 1.807) is 19.2 Å². The molecule has 0 amide bonds. The first-order chi connectivity index (χ1) is 6.61. The Morgan fingerprint density at radius 1 is 1.50 bits per heavy atom. The van der Waals surface area contributed by atoms with Crippen LogP contribution in [0, 0.1) is 6.92 Å². The topological polar surface area (TPSA) is 68.0 Å². The number of aromatic carboxylic acids is 1. The van der Waals surface area contributed by atoms with Gasteiger partial charge in [-0.3, -0.25) is 0 Å². The van der Waals surface area contributed by atoms with Gasteiger partial charge < -0.3 is 5.11 Å². The lowest BCUT2D eigenvalue weighted by Crippen LogP contribution is -2.01. The van der Waals surface area contributed by atoms with Crippen molar-refractivity contribution in [1.82, 2.24) is 15.0 Å². The minimum Gasteiger partial charge on any atom is -0.478 e. The molecule has 5 heteroatoms. The molecule has 1 aromatic carbocycles. The molecule has 0 aliphatic rings. The Kier molecular flexibility index (Phi) is 1.73. The van der Waals surface area contributed by atoms with Crippen molar-refractivity contribution in [3.05, 3.63) is 23.3 Å². The van der Waals surface area contributed by atoms with Crippen LogP contribution in [0.5, 0.6) is 0 Å². The Balaban J connectivity index is 2.92. The average molecular weight is 191 g/mol. The molecule has 0 aliphatic heterocycles. The van der Waals surface area contributed by atoms with E-state index in [0.29, 0.717) is 11.0 Å². The van der Waals surface area contributed by atoms with Crippen molar-refractivity contribution in [2.45, 2.75) is 6.92 Å². The maximum Gasteiger partial charge on any atom is 0.337 e. The van der Waals surface area contributed by atoms with Gasteiger partial charge in [0.15, 0.2) is 0 Å². The molecule has 0 spiro atoms. The van der Waals surface area contributed by atoms with Crippen LogP contribution in [-0.4, -0.2) is 26.1 Å². The molecule has 1 aromatic heterocycles. The zero-order chi connectivity index (χ0) is 10.3. The molecule has 0 radical (unpaired) electrons. The molecule has 1 heterocycles. The van der Waals surface area contributed by atoms with Gasteiger partial charge in [-0.05, 0) is 18.6 Å². The van der Waals surface area contributed by atoms with Crippen molar-refractivity contribution >= 4 is 17.0 Å². The van der Waals surface area contributed by atoms with E-state index in [9.17, 15) is 4.79 Å². The summed E-state index contributed by atoms with van der Waals surface area (Å²) >= 11 is 0. The maximum absolute atomic E-state index is 10.9. The number of aryl methyl sites for hydroxylation is 2. The second-order valence-corrected chi connectivity index (χ2v) is 3.15. The van der Waals surface area contributed by atoms with Crippen molar-refractivity contribution in [3.63, 3.8) is 0 Å². The van der Waals surface area contributed by atoms with E-state index < -0.39 is 5.97 Å². The molecule has 0 saturated heterocycles. The van der Waals surface area contributed by atoms with E-state index >= 15 is 0 Å². The number of aromatic nitrogens is 3. The first-order valence-electron chi connectivity index (χ1n) is 4.13. The molecule has 2 aromatic rings. The predicted molar refractivity (Wildman–Crippen MR) is 50.2 cm³/mol. The summed E-state index contributed by atoms with van der Waals surface area (Å²) in [6.07, 6.45) is 0. The summed E-state index contributed by atoms with van der Waals surface area (Å²) in [4.78, 5) is 10.9. The average Bonchev–Trinajstić information content (AvgIpc) is 2.50. The highest BCUT2D eigenvalue weighted by atomic mass is 16.4. The van der Waals surface area contributed by atoms with Crippen molar-refractivity contribution in [2.24, 2.45) is 7.05 Å². The lowest BCUT2D eigenvalue weighted by atomic mass is 10.1. The number of hydrogen-bond donors (Lipinski definition) is 1. The molecule has 72 valence electrons. The molecule has 1 N–H and O–H groups in total. The Hall–Kier alpha value is -1.91. The van der Waals surface area contributed by atoms with Gasteiger partial charge >= 0.3 is 5.97 Å². The third kappa shape index (κ3) is 1.06. The Morgan fingerprint density at radius 3 is 2.86 bits per heavy atom. The summed E-state index contributed by atoms with van der Waals surface area (Å²) in [6.45, 7) is 1.88. The summed E-state index contributed by atoms with van der Waals surface area (Å²) in [5.41, 5.74) is 2.38. The summed E-state index contributed by atoms with van der Waals surface area (Å²) in [5, 5.41) is 16.7. The van der Waals surface area contributed by atoms with Gasteiger partial charge in [-0.25, -0.2) is 9.48 Å². The van der Waals surface area contributed by atoms with Crippen LogP contribution in [0.15, 0.2) is 12.1 Å². The SMILES string of the molecule is Cc1ccc(C(=O)O)c2c1nnn2C. The molecule has 0 bridgehead atoms. The van der Waals surface area contributed by atoms with Gasteiger partial charge in [0.2, 0.25) is 0 Å². The Bertz CT molecular complexity index is 516. The van der Waals surface area contributed by atoms with Crippen LogP contribution in [0.3, 0.4) is 0 Å². The van der Waals surface area contributed by atoms with Crippen LogP contribution in [0.4, 0.5) is 0 Å². The number of carboxylic acid groups (broad SMARTS) is 1. The zero-order valence-electron chi connectivity index (χ0n) is 7.85. The normalized spacial score (nSPS) is 10.7. The number of fused-ring (bicyclic) bond motifs is 1. The number of nitrogens with zero attached hydrogens (tertiary/aromatic N) is 3. The monoisotopic (exact) mass is 191 g/mol. The molecule has 0 saturated carbocycles. The highest BCUT2D eigenvalue weighted by Gasteiger charge is 2.14. The standard InChI is InChI=1S/C9H9N3O2/c1-5-3-4-6(9(13)14)8-7(5)10-11-12(8)2/h3-4H,1-2H3,(H,13,14). The van der Waals surface area contributed by atoms with E-state index in [1.807, 2.05) is 6.92 Å². The van der Waals surface area contributed by atoms with Crippen LogP contribution in [-0.2, 0) is 7.05 Å². The summed E-state index contributed by atoms with van der Waals surface area (Å²) < 4.78 is 1.48.